The van der Waals surface area contributed by atoms with Crippen LogP contribution in [0, 0.1) is 5.92 Å². The molecule has 1 fully saturated rings. The van der Waals surface area contributed by atoms with E-state index in [0.717, 1.165) is 5.69 Å². The highest BCUT2D eigenvalue weighted by molar-refractivity contribution is 6.30. The predicted octanol–water partition coefficient (Wildman–Crippen LogP) is 1.87. The third kappa shape index (κ3) is 2.68. The fourth-order valence-corrected chi connectivity index (χ4v) is 3.57. The molecule has 0 spiro atoms. The lowest BCUT2D eigenvalue weighted by molar-refractivity contribution is -0.142. The van der Waals surface area contributed by atoms with Gasteiger partial charge in [-0.3, -0.25) is 9.78 Å². The van der Waals surface area contributed by atoms with Gasteiger partial charge in [0.05, 0.1) is 10.9 Å². The summed E-state index contributed by atoms with van der Waals surface area (Å²) < 4.78 is 1.58. The summed E-state index contributed by atoms with van der Waals surface area (Å²) in [4.78, 5) is 18.2. The first-order valence-electron chi connectivity index (χ1n) is 7.82. The van der Waals surface area contributed by atoms with Crippen LogP contribution in [0.1, 0.15) is 18.5 Å². The molecule has 8 nitrogen and oxygen atoms in total. The van der Waals surface area contributed by atoms with Crippen LogP contribution in [0.5, 0.6) is 0 Å². The Bertz CT molecular complexity index is 928. The summed E-state index contributed by atoms with van der Waals surface area (Å²) in [7, 11) is 0. The van der Waals surface area contributed by atoms with Crippen molar-refractivity contribution in [2.24, 2.45) is 5.92 Å². The Morgan fingerprint density at radius 1 is 1.32 bits per heavy atom. The van der Waals surface area contributed by atoms with E-state index in [2.05, 4.69) is 20.3 Å². The molecule has 0 aliphatic carbocycles. The van der Waals surface area contributed by atoms with Crippen molar-refractivity contribution in [3.05, 3.63) is 47.5 Å². The van der Waals surface area contributed by atoms with Crippen LogP contribution in [0.2, 0.25) is 5.02 Å². The molecule has 1 aliphatic heterocycles. The largest absolute Gasteiger partial charge is 0.481 e. The van der Waals surface area contributed by atoms with Crippen molar-refractivity contribution in [3.8, 4) is 0 Å². The first kappa shape index (κ1) is 15.8. The molecule has 3 aromatic heterocycles. The molecule has 128 valence electrons. The van der Waals surface area contributed by atoms with E-state index in [-0.39, 0.29) is 12.0 Å². The minimum atomic E-state index is -0.845. The summed E-state index contributed by atoms with van der Waals surface area (Å²) in [6, 6.07) is 6.93. The van der Waals surface area contributed by atoms with Crippen LogP contribution in [0.3, 0.4) is 0 Å². The maximum absolute atomic E-state index is 11.9. The normalized spacial score (nSPS) is 23.3. The molecule has 1 N–H and O–H groups in total. The number of carboxylic acids is 1. The zero-order valence-corrected chi connectivity index (χ0v) is 14.1. The molecular weight excluding hydrogens is 344 g/mol. The zero-order chi connectivity index (χ0) is 17.6. The minimum Gasteiger partial charge on any atom is -0.481 e. The average Bonchev–Trinajstić information content (AvgIpc) is 3.19. The highest BCUT2D eigenvalue weighted by Crippen LogP contribution is 2.38. The lowest BCUT2D eigenvalue weighted by atomic mass is 9.88. The summed E-state index contributed by atoms with van der Waals surface area (Å²) in [5, 5.41) is 22.5. The van der Waals surface area contributed by atoms with Gasteiger partial charge in [-0.05, 0) is 31.2 Å². The van der Waals surface area contributed by atoms with Crippen LogP contribution in [-0.4, -0.2) is 48.5 Å². The fraction of sp³-hybridized carbons (Fsp3) is 0.312. The van der Waals surface area contributed by atoms with Gasteiger partial charge < -0.3 is 10.0 Å². The molecule has 9 heteroatoms. The maximum atomic E-state index is 11.9. The maximum Gasteiger partial charge on any atom is 0.309 e. The number of hydrogen-bond donors (Lipinski definition) is 1. The summed E-state index contributed by atoms with van der Waals surface area (Å²) in [6.45, 7) is 2.40. The van der Waals surface area contributed by atoms with Crippen LogP contribution in [0.4, 0.5) is 5.82 Å². The Hall–Kier alpha value is -2.74. The van der Waals surface area contributed by atoms with E-state index in [0.29, 0.717) is 23.0 Å². The van der Waals surface area contributed by atoms with E-state index >= 15 is 0 Å². The Morgan fingerprint density at radius 3 is 2.88 bits per heavy atom. The summed E-state index contributed by atoms with van der Waals surface area (Å²) in [5.74, 6) is -1.00. The third-order valence-electron chi connectivity index (χ3n) is 4.70. The number of aliphatic carboxylic acids is 1. The number of halogens is 1. The van der Waals surface area contributed by atoms with Crippen LogP contribution in [-0.2, 0) is 4.79 Å². The van der Waals surface area contributed by atoms with Gasteiger partial charge in [0.15, 0.2) is 5.65 Å². The molecular formula is C16H15ClN6O2. The average molecular weight is 359 g/mol. The Morgan fingerprint density at radius 2 is 2.16 bits per heavy atom. The first-order chi connectivity index (χ1) is 12.0. The van der Waals surface area contributed by atoms with E-state index in [1.165, 1.54) is 6.33 Å². The third-order valence-corrected chi connectivity index (χ3v) is 4.92. The minimum absolute atomic E-state index is 0.235. The van der Waals surface area contributed by atoms with Gasteiger partial charge in [0.1, 0.15) is 12.1 Å². The number of hydrogen-bond acceptors (Lipinski definition) is 6. The van der Waals surface area contributed by atoms with Crippen LogP contribution in [0.15, 0.2) is 36.8 Å². The number of fused-ring (bicyclic) bond motifs is 1. The lowest BCUT2D eigenvalue weighted by Crippen LogP contribution is -2.34. The monoisotopic (exact) mass is 358 g/mol. The molecule has 0 aromatic carbocycles. The molecule has 1 unspecified atom stereocenters. The van der Waals surface area contributed by atoms with Gasteiger partial charge in [-0.1, -0.05) is 11.6 Å². The molecule has 4 heterocycles. The van der Waals surface area contributed by atoms with Crippen molar-refractivity contribution < 1.29 is 9.90 Å². The number of carbonyl (C=O) groups is 1. The summed E-state index contributed by atoms with van der Waals surface area (Å²) in [5.41, 5.74) is 1.36. The van der Waals surface area contributed by atoms with Crippen LogP contribution in [0.25, 0.3) is 5.65 Å². The molecule has 0 bridgehead atoms. The van der Waals surface area contributed by atoms with Gasteiger partial charge in [-0.15, -0.1) is 15.3 Å². The smallest absolute Gasteiger partial charge is 0.309 e. The molecule has 4 rings (SSSR count). The van der Waals surface area contributed by atoms with Crippen molar-refractivity contribution in [2.45, 2.75) is 18.9 Å². The second-order valence-electron chi connectivity index (χ2n) is 6.09. The fourth-order valence-electron chi connectivity index (χ4n) is 3.46. The van der Waals surface area contributed by atoms with Gasteiger partial charge in [-0.2, -0.15) is 4.52 Å². The second kappa shape index (κ2) is 5.96. The van der Waals surface area contributed by atoms with E-state index < -0.39 is 11.9 Å². The predicted molar refractivity (Wildman–Crippen MR) is 90.7 cm³/mol. The number of pyridine rings is 1. The van der Waals surface area contributed by atoms with E-state index in [9.17, 15) is 9.90 Å². The van der Waals surface area contributed by atoms with E-state index in [1.54, 1.807) is 22.8 Å². The zero-order valence-electron chi connectivity index (χ0n) is 13.3. The Balaban J connectivity index is 1.72. The number of anilines is 1. The molecule has 0 saturated carbocycles. The summed E-state index contributed by atoms with van der Waals surface area (Å²) >= 11 is 5.90. The van der Waals surface area contributed by atoms with Crippen molar-refractivity contribution in [1.29, 1.82) is 0 Å². The molecule has 1 saturated heterocycles. The molecule has 0 radical (unpaired) electrons. The van der Waals surface area contributed by atoms with E-state index in [4.69, 9.17) is 11.6 Å². The lowest BCUT2D eigenvalue weighted by Gasteiger charge is -2.23. The topological polar surface area (TPSA) is 96.5 Å². The molecule has 25 heavy (non-hydrogen) atoms. The highest BCUT2D eigenvalue weighted by atomic mass is 35.5. The van der Waals surface area contributed by atoms with Crippen molar-refractivity contribution in [2.75, 3.05) is 11.4 Å². The SMILES string of the molecule is CC1[C@@H](C(=O)O)[C@H](c2ccc(Cl)cn2)CN1c1ccc2nncn2n1. The number of nitrogens with zero attached hydrogens (tertiary/aromatic N) is 6. The summed E-state index contributed by atoms with van der Waals surface area (Å²) in [6.07, 6.45) is 3.07. The molecule has 3 aromatic rings. The van der Waals surface area contributed by atoms with E-state index in [1.807, 2.05) is 24.0 Å². The second-order valence-corrected chi connectivity index (χ2v) is 6.53. The van der Waals surface area contributed by atoms with Gasteiger partial charge in [0, 0.05) is 30.4 Å². The highest BCUT2D eigenvalue weighted by Gasteiger charge is 2.45. The number of aromatic nitrogens is 5. The van der Waals surface area contributed by atoms with Crippen LogP contribution < -0.4 is 4.90 Å². The van der Waals surface area contributed by atoms with Crippen molar-refractivity contribution >= 4 is 29.0 Å². The quantitative estimate of drug-likeness (QED) is 0.763. The van der Waals surface area contributed by atoms with Crippen molar-refractivity contribution in [3.63, 3.8) is 0 Å². The first-order valence-corrected chi connectivity index (χ1v) is 8.20. The Kier molecular flexibility index (Phi) is 3.76. The Labute approximate surface area is 148 Å². The van der Waals surface area contributed by atoms with Crippen molar-refractivity contribution in [1.82, 2.24) is 24.8 Å². The van der Waals surface area contributed by atoms with Gasteiger partial charge in [0.25, 0.3) is 0 Å². The molecule has 0 amide bonds. The number of carboxylic acid groups (broad SMARTS) is 1. The van der Waals surface area contributed by atoms with Gasteiger partial charge >= 0.3 is 5.97 Å². The number of rotatable bonds is 3. The van der Waals surface area contributed by atoms with Gasteiger partial charge in [-0.25, -0.2) is 0 Å². The van der Waals surface area contributed by atoms with Gasteiger partial charge in [0.2, 0.25) is 0 Å². The molecule has 3 atom stereocenters. The standard InChI is InChI=1S/C16H15ClN6O2/c1-9-15(16(24)25)11(12-3-2-10(17)6-18-12)7-22(9)14-5-4-13-20-19-8-23(13)21-14/h2-6,8-9,11,15H,7H2,1H3,(H,24,25)/t9?,11-,15+/m0/s1. The molecule has 1 aliphatic rings. The van der Waals surface area contributed by atoms with Crippen LogP contribution >= 0.6 is 11.6 Å².